The van der Waals surface area contributed by atoms with Crippen LogP contribution in [0.5, 0.6) is 0 Å². The molecule has 11 heavy (non-hydrogen) atoms. The average molecular weight is 144 g/mol. The summed E-state index contributed by atoms with van der Waals surface area (Å²) >= 11 is 0. The molecule has 54 valence electrons. The Bertz CT molecular complexity index is 299. The van der Waals surface area contributed by atoms with Gasteiger partial charge in [0.1, 0.15) is 0 Å². The summed E-state index contributed by atoms with van der Waals surface area (Å²) in [6, 6.07) is 3.95. The minimum Gasteiger partial charge on any atom is -0.264 e. The van der Waals surface area contributed by atoms with E-state index < -0.39 is 0 Å². The van der Waals surface area contributed by atoms with Gasteiger partial charge in [-0.1, -0.05) is 12.1 Å². The van der Waals surface area contributed by atoms with Crippen molar-refractivity contribution in [2.75, 3.05) is 0 Å². The molecule has 2 heteroatoms. The lowest BCUT2D eigenvalue weighted by atomic mass is 10.1. The monoisotopic (exact) mass is 144 g/mol. The molecule has 0 aromatic carbocycles. The van der Waals surface area contributed by atoms with Crippen molar-refractivity contribution in [3.8, 4) is 0 Å². The van der Waals surface area contributed by atoms with Crippen LogP contribution in [0.3, 0.4) is 0 Å². The van der Waals surface area contributed by atoms with Crippen LogP contribution in [0.2, 0.25) is 0 Å². The third kappa shape index (κ3) is 1.19. The summed E-state index contributed by atoms with van der Waals surface area (Å²) in [6.45, 7) is 0. The predicted octanol–water partition coefficient (Wildman–Crippen LogP) is 1.79. The van der Waals surface area contributed by atoms with Crippen LogP contribution < -0.4 is 0 Å². The molecule has 0 atom stereocenters. The number of hydrogen-bond acceptors (Lipinski definition) is 2. The minimum absolute atomic E-state index is 0.936. The molecule has 0 fully saturated rings. The Hall–Kier alpha value is -1.44. The summed E-state index contributed by atoms with van der Waals surface area (Å²) in [5.74, 6) is 0. The molecule has 2 nitrogen and oxygen atoms in total. The van der Waals surface area contributed by atoms with Crippen LogP contribution in [0.1, 0.15) is 12.0 Å². The van der Waals surface area contributed by atoms with Gasteiger partial charge in [0.15, 0.2) is 0 Å². The Labute approximate surface area is 65.3 Å². The zero-order valence-electron chi connectivity index (χ0n) is 6.07. The molecule has 0 unspecified atom stereocenters. The largest absolute Gasteiger partial charge is 0.264 e. The first-order chi connectivity index (χ1) is 5.47. The van der Waals surface area contributed by atoms with Crippen LogP contribution in [0, 0.1) is 0 Å². The van der Waals surface area contributed by atoms with Gasteiger partial charge in [-0.15, -0.1) is 0 Å². The Kier molecular flexibility index (Phi) is 1.52. The van der Waals surface area contributed by atoms with E-state index in [2.05, 4.69) is 9.98 Å². The van der Waals surface area contributed by atoms with Crippen molar-refractivity contribution in [3.63, 3.8) is 0 Å². The van der Waals surface area contributed by atoms with Gasteiger partial charge in [-0.05, 0) is 6.07 Å². The third-order valence-electron chi connectivity index (χ3n) is 1.64. The molecule has 0 amide bonds. The number of aliphatic imine (C=N–C) groups is 1. The van der Waals surface area contributed by atoms with Gasteiger partial charge in [-0.3, -0.25) is 9.98 Å². The topological polar surface area (TPSA) is 25.2 Å². The molecule has 2 rings (SSSR count). The van der Waals surface area contributed by atoms with E-state index in [4.69, 9.17) is 0 Å². The van der Waals surface area contributed by atoms with Crippen LogP contribution >= 0.6 is 0 Å². The first-order valence-corrected chi connectivity index (χ1v) is 3.59. The van der Waals surface area contributed by atoms with Gasteiger partial charge >= 0.3 is 0 Å². The molecule has 1 aliphatic rings. The summed E-state index contributed by atoms with van der Waals surface area (Å²) in [7, 11) is 0. The highest BCUT2D eigenvalue weighted by atomic mass is 14.7. The lowest BCUT2D eigenvalue weighted by Gasteiger charge is -1.96. The van der Waals surface area contributed by atoms with Gasteiger partial charge in [0, 0.05) is 30.6 Å². The van der Waals surface area contributed by atoms with E-state index in [1.165, 1.54) is 0 Å². The van der Waals surface area contributed by atoms with E-state index in [0.717, 1.165) is 17.7 Å². The maximum absolute atomic E-state index is 4.20. The quantitative estimate of drug-likeness (QED) is 0.589. The molecule has 0 radical (unpaired) electrons. The van der Waals surface area contributed by atoms with Crippen LogP contribution in [0.4, 0.5) is 0 Å². The number of hydrogen-bond donors (Lipinski definition) is 0. The zero-order chi connectivity index (χ0) is 7.52. The summed E-state index contributed by atoms with van der Waals surface area (Å²) in [6.07, 6.45) is 8.43. The molecule has 1 aliphatic heterocycles. The third-order valence-corrected chi connectivity index (χ3v) is 1.64. The predicted molar refractivity (Wildman–Crippen MR) is 44.5 cm³/mol. The van der Waals surface area contributed by atoms with Crippen molar-refractivity contribution < 1.29 is 0 Å². The minimum atomic E-state index is 0.936. The molecule has 0 N–H and O–H groups in total. The number of aromatic nitrogens is 1. The van der Waals surface area contributed by atoms with Crippen LogP contribution in [-0.4, -0.2) is 10.7 Å². The zero-order valence-corrected chi connectivity index (χ0v) is 6.07. The smallest absolute Gasteiger partial charge is 0.0529 e. The fraction of sp³-hybridized carbons (Fsp3) is 0.111. The molecule has 2 heterocycles. The maximum Gasteiger partial charge on any atom is 0.0529 e. The second-order valence-corrected chi connectivity index (χ2v) is 2.41. The fourth-order valence-electron chi connectivity index (χ4n) is 1.09. The Balaban J connectivity index is 2.31. The van der Waals surface area contributed by atoms with E-state index in [9.17, 15) is 0 Å². The first-order valence-electron chi connectivity index (χ1n) is 3.59. The van der Waals surface area contributed by atoms with Gasteiger partial charge in [0.25, 0.3) is 0 Å². The average Bonchev–Trinajstić information content (AvgIpc) is 2.58. The van der Waals surface area contributed by atoms with Crippen molar-refractivity contribution in [3.05, 3.63) is 42.4 Å². The van der Waals surface area contributed by atoms with Crippen LogP contribution in [0.25, 0.3) is 0 Å². The molecular formula is C9H8N2. The van der Waals surface area contributed by atoms with Crippen molar-refractivity contribution in [1.29, 1.82) is 0 Å². The maximum atomic E-state index is 4.20. The Morgan fingerprint density at radius 2 is 2.36 bits per heavy atom. The molecule has 0 saturated carbocycles. The standard InChI is InChI=1S/C9H8N2/c1-3-8(7-10-5-1)9-4-2-6-11-9/h1-3,5-7H,4H2. The number of nitrogens with zero attached hydrogens (tertiary/aromatic N) is 2. The highest BCUT2D eigenvalue weighted by Crippen LogP contribution is 2.08. The molecule has 0 aliphatic carbocycles. The van der Waals surface area contributed by atoms with Crippen LogP contribution in [0.15, 0.2) is 41.8 Å². The summed E-state index contributed by atoms with van der Waals surface area (Å²) in [4.78, 5) is 8.22. The van der Waals surface area contributed by atoms with Crippen LogP contribution in [-0.2, 0) is 0 Å². The molecule has 0 saturated heterocycles. The summed E-state index contributed by atoms with van der Waals surface area (Å²) in [5.41, 5.74) is 2.23. The van der Waals surface area contributed by atoms with Gasteiger partial charge in [-0.2, -0.15) is 0 Å². The Morgan fingerprint density at radius 3 is 3.00 bits per heavy atom. The highest BCUT2D eigenvalue weighted by Gasteiger charge is 2.02. The number of pyridine rings is 1. The van der Waals surface area contributed by atoms with Crippen molar-refractivity contribution in [1.82, 2.24) is 4.98 Å². The first kappa shape index (κ1) is 6.28. The lowest BCUT2D eigenvalue weighted by molar-refractivity contribution is 1.30. The summed E-state index contributed by atoms with van der Waals surface area (Å²) in [5, 5.41) is 0. The number of allylic oxidation sites excluding steroid dienone is 1. The number of rotatable bonds is 1. The molecule has 1 aromatic heterocycles. The highest BCUT2D eigenvalue weighted by molar-refractivity contribution is 6.02. The van der Waals surface area contributed by atoms with E-state index in [1.54, 1.807) is 6.20 Å². The van der Waals surface area contributed by atoms with Gasteiger partial charge in [-0.25, -0.2) is 0 Å². The second kappa shape index (κ2) is 2.66. The molecular weight excluding hydrogens is 136 g/mol. The summed E-state index contributed by atoms with van der Waals surface area (Å²) < 4.78 is 0. The van der Waals surface area contributed by atoms with Crippen molar-refractivity contribution >= 4 is 5.71 Å². The normalized spacial score (nSPS) is 15.1. The van der Waals surface area contributed by atoms with E-state index in [-0.39, 0.29) is 0 Å². The van der Waals surface area contributed by atoms with Gasteiger partial charge in [0.2, 0.25) is 0 Å². The fourth-order valence-corrected chi connectivity index (χ4v) is 1.09. The van der Waals surface area contributed by atoms with Gasteiger partial charge in [0.05, 0.1) is 5.71 Å². The van der Waals surface area contributed by atoms with Gasteiger partial charge < -0.3 is 0 Å². The lowest BCUT2D eigenvalue weighted by Crippen LogP contribution is -1.95. The van der Waals surface area contributed by atoms with Crippen molar-refractivity contribution in [2.45, 2.75) is 6.42 Å². The van der Waals surface area contributed by atoms with E-state index in [1.807, 2.05) is 30.6 Å². The molecule has 0 spiro atoms. The molecule has 0 bridgehead atoms. The Morgan fingerprint density at radius 1 is 1.36 bits per heavy atom. The SMILES string of the molecule is C1=CN=C(c2cccnc2)C1. The van der Waals surface area contributed by atoms with Crippen molar-refractivity contribution in [2.24, 2.45) is 4.99 Å². The van der Waals surface area contributed by atoms with E-state index in [0.29, 0.717) is 0 Å². The second-order valence-electron chi connectivity index (χ2n) is 2.41. The van der Waals surface area contributed by atoms with E-state index >= 15 is 0 Å². The molecule has 1 aromatic rings.